The minimum absolute atomic E-state index is 0.00667. The van der Waals surface area contributed by atoms with E-state index in [2.05, 4.69) is 137 Å². The van der Waals surface area contributed by atoms with Gasteiger partial charge in [0.25, 0.3) is 0 Å². The van der Waals surface area contributed by atoms with Gasteiger partial charge in [-0.3, -0.25) is 9.59 Å². The van der Waals surface area contributed by atoms with Crippen LogP contribution in [-0.4, -0.2) is 36.7 Å². The lowest BCUT2D eigenvalue weighted by molar-refractivity contribution is -0.121. The van der Waals surface area contributed by atoms with Crippen molar-refractivity contribution in [1.29, 1.82) is 0 Å². The highest BCUT2D eigenvalue weighted by atomic mass is 16.5. The van der Waals surface area contributed by atoms with Crippen LogP contribution in [0.15, 0.2) is 163 Å². The molecule has 0 spiro atoms. The summed E-state index contributed by atoms with van der Waals surface area (Å²) >= 11 is 0. The molecule has 75 heavy (non-hydrogen) atoms. The molecule has 0 saturated heterocycles. The van der Waals surface area contributed by atoms with Gasteiger partial charge in [0, 0.05) is 17.6 Å². The Bertz CT molecular complexity index is 2330. The van der Waals surface area contributed by atoms with Crippen LogP contribution in [0, 0.1) is 0 Å². The summed E-state index contributed by atoms with van der Waals surface area (Å²) in [6, 6.07) is 6.93. The molecule has 0 heterocycles. The predicted octanol–water partition coefficient (Wildman–Crippen LogP) is 19.8. The van der Waals surface area contributed by atoms with Crippen molar-refractivity contribution in [3.63, 3.8) is 0 Å². The number of allylic oxidation sites excluding steroid dienone is 22. The molecule has 414 valence electrons. The lowest BCUT2D eigenvalue weighted by Gasteiger charge is -2.19. The first-order valence-corrected chi connectivity index (χ1v) is 28.1. The zero-order valence-corrected chi connectivity index (χ0v) is 49.9. The van der Waals surface area contributed by atoms with Gasteiger partial charge in [-0.15, -0.1) is 0 Å². The minimum Gasteiger partial charge on any atom is -0.508 e. The number of hydrogen-bond acceptors (Lipinski definition) is 6. The SMILES string of the molecule is CC(=O)CCc1ccc(O)cc1.COC1=C(OC)C(=O)C(C/C=C(\C)CC/C=C(\C)CC/C=C(\C)CC/C=C(\C)CC/C=C(\C)CC/C=C(/C)CC/C=C(\C)CC/C=C(\C)CC/C=C(\C)CCC=C(C)C)=C(C)C1=O. The summed E-state index contributed by atoms with van der Waals surface area (Å²) in [5.41, 5.74) is 16.6. The Morgan fingerprint density at radius 3 is 0.973 bits per heavy atom. The number of Topliss-reactive ketones (excluding diaryl/α,β-unsaturated/α-hetero) is 3. The number of methoxy groups -OCH3 is 2. The highest BCUT2D eigenvalue weighted by molar-refractivity contribution is 6.23. The normalized spacial score (nSPS) is 14.9. The first-order valence-electron chi connectivity index (χ1n) is 28.1. The Balaban J connectivity index is 0.00000204. The number of aryl methyl sites for hydroxylation is 1. The van der Waals surface area contributed by atoms with E-state index in [1.807, 2.05) is 12.1 Å². The average molecular weight is 1030 g/mol. The molecule has 0 aromatic heterocycles. The topological polar surface area (TPSA) is 89.9 Å². The highest BCUT2D eigenvalue weighted by Crippen LogP contribution is 2.29. The van der Waals surface area contributed by atoms with Crippen LogP contribution in [0.1, 0.15) is 224 Å². The van der Waals surface area contributed by atoms with Crippen LogP contribution in [0.5, 0.6) is 5.75 Å². The summed E-state index contributed by atoms with van der Waals surface area (Å²) < 4.78 is 10.3. The first kappa shape index (κ1) is 67.5. The molecular formula is C69H102O6. The zero-order chi connectivity index (χ0) is 56.1. The van der Waals surface area contributed by atoms with Crippen molar-refractivity contribution < 1.29 is 29.0 Å². The Hall–Kier alpha value is -5.49. The van der Waals surface area contributed by atoms with Crippen LogP contribution in [0.25, 0.3) is 0 Å². The summed E-state index contributed by atoms with van der Waals surface area (Å²) in [7, 11) is 2.78. The molecule has 2 rings (SSSR count). The van der Waals surface area contributed by atoms with Crippen LogP contribution in [0.4, 0.5) is 0 Å². The van der Waals surface area contributed by atoms with E-state index < -0.39 is 0 Å². The molecular weight excluding hydrogens is 925 g/mol. The Labute approximate surface area is 458 Å². The predicted molar refractivity (Wildman–Crippen MR) is 322 cm³/mol. The fourth-order valence-electron chi connectivity index (χ4n) is 8.57. The lowest BCUT2D eigenvalue weighted by Crippen LogP contribution is -2.24. The number of phenols is 1. The van der Waals surface area contributed by atoms with Crippen molar-refractivity contribution in [1.82, 2.24) is 0 Å². The number of carbonyl (C=O) groups is 3. The molecule has 0 saturated carbocycles. The summed E-state index contributed by atoms with van der Waals surface area (Å²) in [6.07, 6.45) is 45.6. The van der Waals surface area contributed by atoms with Gasteiger partial charge in [-0.05, 0) is 236 Å². The number of ketones is 3. The number of rotatable bonds is 34. The summed E-state index contributed by atoms with van der Waals surface area (Å²) in [5.74, 6) is -0.109. The van der Waals surface area contributed by atoms with Crippen molar-refractivity contribution in [3.8, 4) is 5.75 Å². The lowest BCUT2D eigenvalue weighted by atomic mass is 9.90. The van der Waals surface area contributed by atoms with Crippen LogP contribution < -0.4 is 0 Å². The second-order valence-corrected chi connectivity index (χ2v) is 21.5. The molecule has 1 aromatic rings. The largest absolute Gasteiger partial charge is 0.508 e. The Morgan fingerprint density at radius 1 is 0.413 bits per heavy atom. The summed E-state index contributed by atoms with van der Waals surface area (Å²) in [5, 5.41) is 8.97. The number of ether oxygens (including phenoxy) is 2. The van der Waals surface area contributed by atoms with Gasteiger partial charge in [-0.2, -0.15) is 0 Å². The van der Waals surface area contributed by atoms with E-state index in [1.165, 1.54) is 89.2 Å². The third-order valence-corrected chi connectivity index (χ3v) is 13.8. The molecule has 0 fully saturated rings. The van der Waals surface area contributed by atoms with Gasteiger partial charge < -0.3 is 19.4 Å². The maximum Gasteiger partial charge on any atom is 0.228 e. The number of hydrogen-bond donors (Lipinski definition) is 1. The van der Waals surface area contributed by atoms with E-state index in [1.54, 1.807) is 26.0 Å². The average Bonchev–Trinajstić information content (AvgIpc) is 3.34. The monoisotopic (exact) mass is 1030 g/mol. The van der Waals surface area contributed by atoms with Crippen molar-refractivity contribution in [2.45, 2.75) is 225 Å². The maximum atomic E-state index is 12.9. The molecule has 0 amide bonds. The molecule has 1 aromatic carbocycles. The Kier molecular flexibility index (Phi) is 35.9. The molecule has 0 unspecified atom stereocenters. The van der Waals surface area contributed by atoms with Gasteiger partial charge in [0.05, 0.1) is 14.2 Å². The summed E-state index contributed by atoms with van der Waals surface area (Å²) in [6.45, 7) is 27.9. The van der Waals surface area contributed by atoms with Gasteiger partial charge in [-0.1, -0.05) is 129 Å². The van der Waals surface area contributed by atoms with Gasteiger partial charge in [-0.25, -0.2) is 0 Å². The standard InChI is InChI=1S/C59H90O4.C10H12O2/c1-44(2)24-15-25-45(3)26-16-27-46(4)28-17-29-47(5)30-18-31-48(6)32-19-33-49(7)34-20-35-50(8)36-21-37-51(9)38-22-39-52(10)40-23-41-53(11)42-43-55-54(12)56(60)58(62-13)59(63-14)57(55)61;1-8(11)2-3-9-4-6-10(12)7-5-9/h24,26,28,30,32,34,36,38,40,42H,15-23,25,27,29,31,33,35,37,39,41,43H2,1-14H3;4-7,12H,2-3H2,1H3/b45-26+,46-28+,47-30+,48-32-,49-34+,50-36+,51-38+,52-40+,53-42+;. The Morgan fingerprint density at radius 2 is 0.693 bits per heavy atom. The maximum absolute atomic E-state index is 12.9. The second kappa shape index (κ2) is 39.9. The number of carbonyl (C=O) groups excluding carboxylic acids is 3. The minimum atomic E-state index is -0.284. The van der Waals surface area contributed by atoms with E-state index in [-0.39, 0.29) is 34.6 Å². The molecule has 0 bridgehead atoms. The number of phenolic OH excluding ortho intramolecular Hbond substituents is 1. The van der Waals surface area contributed by atoms with E-state index in [9.17, 15) is 14.4 Å². The molecule has 1 aliphatic carbocycles. The molecule has 0 atom stereocenters. The molecule has 0 radical (unpaired) electrons. The van der Waals surface area contributed by atoms with Crippen molar-refractivity contribution in [3.05, 3.63) is 169 Å². The van der Waals surface area contributed by atoms with Crippen molar-refractivity contribution >= 4 is 17.3 Å². The molecule has 6 heteroatoms. The summed E-state index contributed by atoms with van der Waals surface area (Å²) in [4.78, 5) is 36.2. The number of aromatic hydroxyl groups is 1. The van der Waals surface area contributed by atoms with Crippen LogP contribution in [-0.2, 0) is 30.3 Å². The fraction of sp³-hybridized carbons (Fsp3) is 0.522. The van der Waals surface area contributed by atoms with Crippen LogP contribution in [0.3, 0.4) is 0 Å². The first-order chi connectivity index (χ1) is 35.7. The van der Waals surface area contributed by atoms with Crippen LogP contribution in [0.2, 0.25) is 0 Å². The number of benzene rings is 1. The van der Waals surface area contributed by atoms with Gasteiger partial charge >= 0.3 is 0 Å². The fourth-order valence-corrected chi connectivity index (χ4v) is 8.57. The molecule has 6 nitrogen and oxygen atoms in total. The van der Waals surface area contributed by atoms with Gasteiger partial charge in [0.15, 0.2) is 0 Å². The smallest absolute Gasteiger partial charge is 0.228 e. The molecule has 0 aliphatic heterocycles. The van der Waals surface area contributed by atoms with Crippen LogP contribution >= 0.6 is 0 Å². The third-order valence-electron chi connectivity index (χ3n) is 13.8. The van der Waals surface area contributed by atoms with Crippen molar-refractivity contribution in [2.24, 2.45) is 0 Å². The quantitative estimate of drug-likeness (QED) is 0.0546. The highest BCUT2D eigenvalue weighted by Gasteiger charge is 2.34. The molecule has 1 N–H and O–H groups in total. The van der Waals surface area contributed by atoms with Gasteiger partial charge in [0.1, 0.15) is 11.5 Å². The van der Waals surface area contributed by atoms with E-state index >= 15 is 0 Å². The van der Waals surface area contributed by atoms with Crippen molar-refractivity contribution in [2.75, 3.05) is 14.2 Å². The van der Waals surface area contributed by atoms with E-state index in [0.29, 0.717) is 24.0 Å². The zero-order valence-electron chi connectivity index (χ0n) is 49.9. The van der Waals surface area contributed by atoms with Gasteiger partial charge in [0.2, 0.25) is 23.1 Å². The third kappa shape index (κ3) is 32.5. The van der Waals surface area contributed by atoms with E-state index in [4.69, 9.17) is 14.6 Å². The van der Waals surface area contributed by atoms with E-state index in [0.717, 1.165) is 108 Å². The molecule has 1 aliphatic rings. The second-order valence-electron chi connectivity index (χ2n) is 21.5.